The van der Waals surface area contributed by atoms with Crippen LogP contribution in [-0.4, -0.2) is 0 Å². The molecule has 1 aliphatic heterocycles. The highest BCUT2D eigenvalue weighted by atomic mass is 35.5. The van der Waals surface area contributed by atoms with Crippen LogP contribution < -0.4 is 0 Å². The van der Waals surface area contributed by atoms with Gasteiger partial charge in [-0.1, -0.05) is 82.4 Å². The van der Waals surface area contributed by atoms with Crippen molar-refractivity contribution in [1.82, 2.24) is 0 Å². The van der Waals surface area contributed by atoms with Gasteiger partial charge in [-0.15, -0.1) is 0 Å². The van der Waals surface area contributed by atoms with E-state index in [0.29, 0.717) is 0 Å². The maximum absolute atomic E-state index is 6.04. The maximum Gasteiger partial charge on any atom is 0.191 e. The molecule has 0 N–H and O–H groups in total. The Bertz CT molecular complexity index is 315. The molecule has 1 heterocycles. The quantitative estimate of drug-likeness (QED) is 0.622. The van der Waals surface area contributed by atoms with Crippen LogP contribution >= 0.6 is 58.2 Å². The smallest absolute Gasteiger partial charge is 0.0838 e. The number of benzene rings is 1. The van der Waals surface area contributed by atoms with Gasteiger partial charge in [-0.3, -0.25) is 0 Å². The van der Waals surface area contributed by atoms with Crippen LogP contribution in [-0.2, 0) is 7.33 Å². The summed E-state index contributed by atoms with van der Waals surface area (Å²) in [5, 5.41) is 0. The van der Waals surface area contributed by atoms with Crippen LogP contribution in [0.4, 0.5) is 0 Å². The van der Waals surface area contributed by atoms with Crippen molar-refractivity contribution >= 4 is 58.2 Å². The molecule has 1 aromatic carbocycles. The van der Waals surface area contributed by atoms with Crippen LogP contribution in [0.25, 0.3) is 0 Å². The zero-order valence-corrected chi connectivity index (χ0v) is 10.1. The zero-order chi connectivity index (χ0) is 9.69. The van der Waals surface area contributed by atoms with Crippen molar-refractivity contribution in [2.75, 3.05) is 0 Å². The van der Waals surface area contributed by atoms with Gasteiger partial charge in [0.25, 0.3) is 0 Å². The lowest BCUT2D eigenvalue weighted by atomic mass is 10.1. The van der Waals surface area contributed by atoms with Gasteiger partial charge in [0.2, 0.25) is 0 Å². The van der Waals surface area contributed by atoms with Gasteiger partial charge in [0.05, 0.1) is 0 Å². The number of rotatable bonds is 0. The Morgan fingerprint density at radius 2 is 1.23 bits per heavy atom. The summed E-state index contributed by atoms with van der Waals surface area (Å²) in [6.45, 7) is 0. The average molecular weight is 274 g/mol. The number of hydrogen-bond donors (Lipinski definition) is 0. The van der Waals surface area contributed by atoms with Gasteiger partial charge in [-0.2, -0.15) is 0 Å². The van der Waals surface area contributed by atoms with Crippen LogP contribution in [0, 0.1) is 0 Å². The summed E-state index contributed by atoms with van der Waals surface area (Å²) in [7, 11) is 0. The van der Waals surface area contributed by atoms with Crippen LogP contribution in [0.2, 0.25) is 0 Å². The lowest BCUT2D eigenvalue weighted by Crippen LogP contribution is -1.99. The van der Waals surface area contributed by atoms with Gasteiger partial charge in [-0.05, 0) is 0 Å². The number of thioether (sulfide) groups is 1. The molecule has 0 nitrogen and oxygen atoms in total. The molecule has 70 valence electrons. The van der Waals surface area contributed by atoms with Gasteiger partial charge in [0, 0.05) is 11.1 Å². The fraction of sp³-hybridized carbons (Fsp3) is 0.250. The van der Waals surface area contributed by atoms with Gasteiger partial charge in [0.15, 0.2) is 7.33 Å². The van der Waals surface area contributed by atoms with Crippen molar-refractivity contribution in [2.24, 2.45) is 0 Å². The zero-order valence-electron chi connectivity index (χ0n) is 6.23. The Balaban J connectivity index is 2.64. The number of hydrogen-bond acceptors (Lipinski definition) is 1. The molecular formula is C8H4Cl4S. The highest BCUT2D eigenvalue weighted by molar-refractivity contribution is 8.06. The molecule has 0 atom stereocenters. The summed E-state index contributed by atoms with van der Waals surface area (Å²) < 4.78 is -2.08. The van der Waals surface area contributed by atoms with Gasteiger partial charge in [-0.25, -0.2) is 0 Å². The van der Waals surface area contributed by atoms with E-state index in [2.05, 4.69) is 0 Å². The third-order valence-corrected chi connectivity index (χ3v) is 4.50. The molecule has 0 radical (unpaired) electrons. The normalized spacial score (nSPS) is 22.8. The Kier molecular flexibility index (Phi) is 2.45. The maximum atomic E-state index is 6.04. The fourth-order valence-electron chi connectivity index (χ4n) is 1.26. The summed E-state index contributed by atoms with van der Waals surface area (Å²) in [5.74, 6) is 0. The second-order valence-electron chi connectivity index (χ2n) is 2.68. The molecule has 0 bridgehead atoms. The predicted molar refractivity (Wildman–Crippen MR) is 60.8 cm³/mol. The van der Waals surface area contributed by atoms with E-state index < -0.39 is 7.33 Å². The molecule has 0 spiro atoms. The van der Waals surface area contributed by atoms with Crippen molar-refractivity contribution in [2.45, 2.75) is 7.33 Å². The highest BCUT2D eigenvalue weighted by Gasteiger charge is 2.49. The fourth-order valence-corrected chi connectivity index (χ4v) is 4.68. The minimum Gasteiger partial charge on any atom is -0.0838 e. The molecule has 1 aliphatic rings. The molecule has 0 fully saturated rings. The van der Waals surface area contributed by atoms with E-state index in [1.54, 1.807) is 0 Å². The van der Waals surface area contributed by atoms with Crippen LogP contribution in [0.15, 0.2) is 24.3 Å². The van der Waals surface area contributed by atoms with E-state index in [0.717, 1.165) is 22.9 Å². The molecular weight excluding hydrogens is 270 g/mol. The van der Waals surface area contributed by atoms with E-state index in [1.807, 2.05) is 24.3 Å². The lowest BCUT2D eigenvalue weighted by molar-refractivity contribution is 1.21. The Hall–Kier alpha value is 0.730. The summed E-state index contributed by atoms with van der Waals surface area (Å²) >= 11 is 25.3. The molecule has 13 heavy (non-hydrogen) atoms. The van der Waals surface area contributed by atoms with Crippen molar-refractivity contribution in [1.29, 1.82) is 0 Å². The minimum absolute atomic E-state index is 0.772. The monoisotopic (exact) mass is 272 g/mol. The van der Waals surface area contributed by atoms with Crippen LogP contribution in [0.5, 0.6) is 0 Å². The molecule has 2 rings (SSSR count). The van der Waals surface area contributed by atoms with Crippen LogP contribution in [0.3, 0.4) is 0 Å². The first-order valence-electron chi connectivity index (χ1n) is 3.49. The predicted octanol–water partition coefficient (Wildman–Crippen LogP) is 4.61. The topological polar surface area (TPSA) is 0 Å². The van der Waals surface area contributed by atoms with Gasteiger partial charge >= 0.3 is 0 Å². The van der Waals surface area contributed by atoms with Crippen molar-refractivity contribution in [3.8, 4) is 0 Å². The standard InChI is InChI=1S/C8H4Cl4S/c9-7(10)5-3-1-2-4-6(5)8(11,12)13-7/h1-4H. The van der Waals surface area contributed by atoms with E-state index in [-0.39, 0.29) is 0 Å². The van der Waals surface area contributed by atoms with E-state index in [1.165, 1.54) is 0 Å². The third kappa shape index (κ3) is 1.66. The molecule has 0 aliphatic carbocycles. The number of fused-ring (bicyclic) bond motifs is 1. The summed E-state index contributed by atoms with van der Waals surface area (Å²) in [5.41, 5.74) is 1.54. The Labute approximate surface area is 100 Å². The first-order valence-corrected chi connectivity index (χ1v) is 5.82. The molecule has 1 aromatic rings. The second-order valence-corrected chi connectivity index (χ2v) is 7.66. The molecule has 0 amide bonds. The van der Waals surface area contributed by atoms with Crippen molar-refractivity contribution in [3.05, 3.63) is 35.4 Å². The Morgan fingerprint density at radius 1 is 0.846 bits per heavy atom. The summed E-state index contributed by atoms with van der Waals surface area (Å²) in [6, 6.07) is 7.37. The largest absolute Gasteiger partial charge is 0.191 e. The molecule has 0 unspecified atom stereocenters. The summed E-state index contributed by atoms with van der Waals surface area (Å²) in [6.07, 6.45) is 0. The average Bonchev–Trinajstić information content (AvgIpc) is 2.20. The van der Waals surface area contributed by atoms with Crippen LogP contribution in [0.1, 0.15) is 11.1 Å². The van der Waals surface area contributed by atoms with Gasteiger partial charge in [0.1, 0.15) is 0 Å². The molecule has 0 saturated carbocycles. The van der Waals surface area contributed by atoms with Gasteiger partial charge < -0.3 is 0 Å². The number of alkyl halides is 4. The second kappa shape index (κ2) is 3.11. The minimum atomic E-state index is -1.04. The van der Waals surface area contributed by atoms with Crippen molar-refractivity contribution in [3.63, 3.8) is 0 Å². The first-order chi connectivity index (χ1) is 5.93. The van der Waals surface area contributed by atoms with E-state index in [4.69, 9.17) is 46.4 Å². The van der Waals surface area contributed by atoms with E-state index >= 15 is 0 Å². The van der Waals surface area contributed by atoms with Crippen molar-refractivity contribution < 1.29 is 0 Å². The molecule has 5 heteroatoms. The van der Waals surface area contributed by atoms with E-state index in [9.17, 15) is 0 Å². The number of halogens is 4. The third-order valence-electron chi connectivity index (χ3n) is 1.81. The SMILES string of the molecule is ClC1(Cl)SC(Cl)(Cl)c2ccccc21. The Morgan fingerprint density at radius 3 is 1.62 bits per heavy atom. The lowest BCUT2D eigenvalue weighted by Gasteiger charge is -2.14. The summed E-state index contributed by atoms with van der Waals surface area (Å²) in [4.78, 5) is 0. The molecule has 0 aromatic heterocycles. The first kappa shape index (κ1) is 10.3. The molecule has 0 saturated heterocycles. The highest BCUT2D eigenvalue weighted by Crippen LogP contribution is 2.66.